The molecule has 0 aliphatic rings. The van der Waals surface area contributed by atoms with E-state index in [2.05, 4.69) is 31.9 Å². The molecule has 26 heavy (non-hydrogen) atoms. The highest BCUT2D eigenvalue weighted by molar-refractivity contribution is 9.09. The summed E-state index contributed by atoms with van der Waals surface area (Å²) in [7, 11) is 2.69. The van der Waals surface area contributed by atoms with E-state index in [9.17, 15) is 9.59 Å². The highest BCUT2D eigenvalue weighted by atomic mass is 79.9. The first-order valence-electron chi connectivity index (χ1n) is 8.04. The summed E-state index contributed by atoms with van der Waals surface area (Å²) in [5.74, 6) is -0.911. The fourth-order valence-electron chi connectivity index (χ4n) is 2.92. The number of halogens is 2. The van der Waals surface area contributed by atoms with Crippen LogP contribution >= 0.6 is 31.9 Å². The Hall–Kier alpha value is -1.66. The van der Waals surface area contributed by atoms with E-state index in [-0.39, 0.29) is 9.65 Å². The average molecular weight is 484 g/mol. The summed E-state index contributed by atoms with van der Waals surface area (Å²) >= 11 is 7.19. The molecular weight excluding hydrogens is 464 g/mol. The molecule has 0 amide bonds. The summed E-state index contributed by atoms with van der Waals surface area (Å²) in [4.78, 5) is 24.8. The van der Waals surface area contributed by atoms with Gasteiger partial charge in [0.2, 0.25) is 0 Å². The number of alkyl halides is 2. The van der Waals surface area contributed by atoms with Crippen molar-refractivity contribution in [1.29, 1.82) is 0 Å². The first-order valence-corrected chi connectivity index (χ1v) is 9.87. The molecule has 2 rings (SSSR count). The maximum Gasteiger partial charge on any atom is 0.338 e. The monoisotopic (exact) mass is 482 g/mol. The molecule has 0 radical (unpaired) electrons. The van der Waals surface area contributed by atoms with Gasteiger partial charge in [0.1, 0.15) is 0 Å². The third-order valence-electron chi connectivity index (χ3n) is 4.11. The molecule has 138 valence electrons. The first kappa shape index (κ1) is 20.6. The smallest absolute Gasteiger partial charge is 0.338 e. The van der Waals surface area contributed by atoms with Crippen LogP contribution in [0.5, 0.6) is 0 Å². The Morgan fingerprint density at radius 1 is 0.769 bits per heavy atom. The van der Waals surface area contributed by atoms with Crippen molar-refractivity contribution in [2.45, 2.75) is 23.5 Å². The molecule has 2 atom stereocenters. The van der Waals surface area contributed by atoms with Crippen molar-refractivity contribution < 1.29 is 19.1 Å². The molecule has 0 aliphatic heterocycles. The van der Waals surface area contributed by atoms with Gasteiger partial charge < -0.3 is 9.47 Å². The van der Waals surface area contributed by atoms with E-state index < -0.39 is 11.9 Å². The Kier molecular flexibility index (Phi) is 7.01. The van der Waals surface area contributed by atoms with Gasteiger partial charge in [-0.25, -0.2) is 9.59 Å². The molecule has 0 spiro atoms. The van der Waals surface area contributed by atoms with Crippen molar-refractivity contribution in [2.75, 3.05) is 14.2 Å². The molecule has 0 saturated heterocycles. The van der Waals surface area contributed by atoms with E-state index in [1.165, 1.54) is 14.2 Å². The molecular formula is C20H20Br2O4. The molecule has 0 heterocycles. The summed E-state index contributed by atoms with van der Waals surface area (Å²) in [5, 5.41) is 0. The van der Waals surface area contributed by atoms with Crippen LogP contribution in [0.4, 0.5) is 0 Å². The zero-order valence-electron chi connectivity index (χ0n) is 15.0. The van der Waals surface area contributed by atoms with Gasteiger partial charge >= 0.3 is 11.9 Å². The number of hydrogen-bond acceptors (Lipinski definition) is 4. The van der Waals surface area contributed by atoms with Gasteiger partial charge in [0, 0.05) is 20.8 Å². The van der Waals surface area contributed by atoms with Crippen molar-refractivity contribution in [3.63, 3.8) is 0 Å². The second-order valence-corrected chi connectivity index (χ2v) is 8.50. The molecule has 4 nitrogen and oxygen atoms in total. The van der Waals surface area contributed by atoms with Crippen LogP contribution < -0.4 is 0 Å². The molecule has 0 aliphatic carbocycles. The van der Waals surface area contributed by atoms with Crippen LogP contribution in [0.25, 0.3) is 11.1 Å². The minimum Gasteiger partial charge on any atom is -0.465 e. The molecule has 0 fully saturated rings. The Bertz CT molecular complexity index is 759. The van der Waals surface area contributed by atoms with Crippen molar-refractivity contribution in [3.8, 4) is 11.1 Å². The van der Waals surface area contributed by atoms with Gasteiger partial charge in [-0.3, -0.25) is 0 Å². The summed E-state index contributed by atoms with van der Waals surface area (Å²) < 4.78 is 9.96. The molecule has 6 heteroatoms. The lowest BCUT2D eigenvalue weighted by atomic mass is 9.86. The van der Waals surface area contributed by atoms with Gasteiger partial charge in [0.05, 0.1) is 25.3 Å². The normalized spacial score (nSPS) is 13.0. The van der Waals surface area contributed by atoms with Gasteiger partial charge in [-0.15, -0.1) is 0 Å². The predicted octanol–water partition coefficient (Wildman–Crippen LogP) is 5.84. The van der Waals surface area contributed by atoms with Crippen LogP contribution in [0.1, 0.15) is 55.3 Å². The van der Waals surface area contributed by atoms with E-state index in [0.717, 1.165) is 11.1 Å². The van der Waals surface area contributed by atoms with Crippen molar-refractivity contribution in [1.82, 2.24) is 0 Å². The predicted molar refractivity (Wildman–Crippen MR) is 109 cm³/mol. The molecule has 2 aromatic rings. The van der Waals surface area contributed by atoms with Crippen molar-refractivity contribution >= 4 is 43.8 Å². The SMILES string of the molecule is COC(=O)c1cccc(C(C)Br)c1-c1c(C(=O)OC)cccc1C(C)Br. The standard InChI is InChI=1S/C20H20Br2O4/c1-11(21)13-7-5-9-15(19(23)25-3)17(13)18-14(12(2)22)8-6-10-16(18)20(24)26-4/h5-12H,1-4H3. The van der Waals surface area contributed by atoms with E-state index in [1.807, 2.05) is 26.0 Å². The van der Waals surface area contributed by atoms with E-state index in [4.69, 9.17) is 9.47 Å². The maximum absolute atomic E-state index is 12.4. The fourth-order valence-corrected chi connectivity index (χ4v) is 3.68. The first-order chi connectivity index (χ1) is 12.3. The number of carbonyl (C=O) groups is 2. The lowest BCUT2D eigenvalue weighted by Gasteiger charge is -2.21. The largest absolute Gasteiger partial charge is 0.465 e. The topological polar surface area (TPSA) is 52.6 Å². The number of ether oxygens (including phenoxy) is 2. The van der Waals surface area contributed by atoms with Crippen LogP contribution in [0.3, 0.4) is 0 Å². The fraction of sp³-hybridized carbons (Fsp3) is 0.300. The minimum atomic E-state index is -0.456. The van der Waals surface area contributed by atoms with Crippen LogP contribution in [-0.2, 0) is 9.47 Å². The number of benzene rings is 2. The third-order valence-corrected chi connectivity index (χ3v) is 5.10. The molecule has 0 aromatic heterocycles. The molecule has 0 saturated carbocycles. The van der Waals surface area contributed by atoms with E-state index in [0.29, 0.717) is 22.3 Å². The summed E-state index contributed by atoms with van der Waals surface area (Å²) in [6.07, 6.45) is 0. The van der Waals surface area contributed by atoms with Crippen LogP contribution in [0.2, 0.25) is 0 Å². The van der Waals surface area contributed by atoms with Crippen LogP contribution in [0.15, 0.2) is 36.4 Å². The second-order valence-electron chi connectivity index (χ2n) is 5.75. The number of hydrogen-bond donors (Lipinski definition) is 0. The van der Waals surface area contributed by atoms with Gasteiger partial charge in [-0.05, 0) is 37.1 Å². The van der Waals surface area contributed by atoms with Crippen molar-refractivity contribution in [3.05, 3.63) is 58.7 Å². The van der Waals surface area contributed by atoms with Gasteiger partial charge in [-0.2, -0.15) is 0 Å². The van der Waals surface area contributed by atoms with Gasteiger partial charge in [0.25, 0.3) is 0 Å². The summed E-state index contributed by atoms with van der Waals surface area (Å²) in [6, 6.07) is 10.9. The van der Waals surface area contributed by atoms with Crippen LogP contribution in [-0.4, -0.2) is 26.2 Å². The van der Waals surface area contributed by atoms with Crippen LogP contribution in [0, 0.1) is 0 Å². The number of methoxy groups -OCH3 is 2. The Balaban J connectivity index is 2.99. The zero-order valence-corrected chi connectivity index (χ0v) is 18.2. The van der Waals surface area contributed by atoms with Crippen molar-refractivity contribution in [2.24, 2.45) is 0 Å². The Labute approximate surface area is 170 Å². The molecule has 2 unspecified atom stereocenters. The molecule has 0 bridgehead atoms. The van der Waals surface area contributed by atoms with E-state index in [1.54, 1.807) is 24.3 Å². The Morgan fingerprint density at radius 3 is 1.38 bits per heavy atom. The minimum absolute atomic E-state index is 0.0358. The van der Waals surface area contributed by atoms with Gasteiger partial charge in [-0.1, -0.05) is 56.1 Å². The second kappa shape index (κ2) is 8.82. The van der Waals surface area contributed by atoms with Gasteiger partial charge in [0.15, 0.2) is 0 Å². The number of esters is 2. The molecule has 0 N–H and O–H groups in total. The quantitative estimate of drug-likeness (QED) is 0.396. The highest BCUT2D eigenvalue weighted by Crippen LogP contribution is 2.42. The molecule has 2 aromatic carbocycles. The Morgan fingerprint density at radius 2 is 1.12 bits per heavy atom. The number of rotatable bonds is 5. The summed E-state index contributed by atoms with van der Waals surface area (Å²) in [5.41, 5.74) is 3.93. The third kappa shape index (κ3) is 4.01. The van der Waals surface area contributed by atoms with E-state index >= 15 is 0 Å². The highest BCUT2D eigenvalue weighted by Gasteiger charge is 2.26. The average Bonchev–Trinajstić information content (AvgIpc) is 2.65. The maximum atomic E-state index is 12.4. The number of carbonyl (C=O) groups excluding carboxylic acids is 2. The summed E-state index contributed by atoms with van der Waals surface area (Å²) in [6.45, 7) is 3.94. The lowest BCUT2D eigenvalue weighted by Crippen LogP contribution is -2.11. The zero-order chi connectivity index (χ0) is 19.4. The lowest BCUT2D eigenvalue weighted by molar-refractivity contribution is 0.0590.